The summed E-state index contributed by atoms with van der Waals surface area (Å²) in [4.78, 5) is 0. The lowest BCUT2D eigenvalue weighted by molar-refractivity contribution is -0.0155. The smallest absolute Gasteiger partial charge is 0.119 e. The van der Waals surface area contributed by atoms with E-state index in [9.17, 15) is 10.2 Å². The van der Waals surface area contributed by atoms with E-state index >= 15 is 0 Å². The normalized spacial score (nSPS) is 21.8. The van der Waals surface area contributed by atoms with Gasteiger partial charge in [0, 0.05) is 11.8 Å². The molecule has 0 heterocycles. The molecule has 0 amide bonds. The second-order valence-electron chi connectivity index (χ2n) is 10.8. The molecule has 36 heavy (non-hydrogen) atoms. The van der Waals surface area contributed by atoms with Crippen LogP contribution in [-0.2, 0) is 0 Å². The Balaban J connectivity index is 1.39. The van der Waals surface area contributed by atoms with Crippen LogP contribution in [0.4, 0.5) is 0 Å². The van der Waals surface area contributed by atoms with Gasteiger partial charge in [-0.3, -0.25) is 0 Å². The zero-order valence-electron chi connectivity index (χ0n) is 22.4. The van der Waals surface area contributed by atoms with Gasteiger partial charge >= 0.3 is 0 Å². The second kappa shape index (κ2) is 13.5. The van der Waals surface area contributed by atoms with E-state index in [2.05, 4.69) is 38.1 Å². The van der Waals surface area contributed by atoms with E-state index in [4.69, 9.17) is 9.47 Å². The number of unbranched alkanes of at least 4 members (excludes halogenated alkanes) is 10. The number of fused-ring (bicyclic) bond motifs is 1. The van der Waals surface area contributed by atoms with Crippen LogP contribution in [0.15, 0.2) is 36.4 Å². The van der Waals surface area contributed by atoms with Crippen LogP contribution < -0.4 is 9.47 Å². The molecule has 0 fully saturated rings. The lowest BCUT2D eigenvalue weighted by Crippen LogP contribution is -2.47. The fraction of sp³-hybridized carbons (Fsp3) is 0.625. The van der Waals surface area contributed by atoms with Crippen molar-refractivity contribution < 1.29 is 19.7 Å². The zero-order valence-corrected chi connectivity index (χ0v) is 22.4. The van der Waals surface area contributed by atoms with Gasteiger partial charge in [-0.15, -0.1) is 0 Å². The summed E-state index contributed by atoms with van der Waals surface area (Å²) in [7, 11) is 0. The standard InChI is InChI=1S/C32H46O4/c1-3-5-7-9-11-13-19-35-23-15-17-25-27(21-23)29-26-18-16-24(36-20-14-12-10-8-6-4-2)22-28(26)30(25)32(34)31(29)33/h15-18,21-22,29-34H,3-14,19-20H2,1-2H3/t29-,30-,31?,32?/m1/s1. The maximum absolute atomic E-state index is 11.0. The third-order valence-corrected chi connectivity index (χ3v) is 8.02. The quantitative estimate of drug-likeness (QED) is 0.238. The van der Waals surface area contributed by atoms with E-state index in [0.29, 0.717) is 0 Å². The fourth-order valence-electron chi connectivity index (χ4n) is 6.00. The molecule has 4 heteroatoms. The molecule has 2 unspecified atom stereocenters. The largest absolute Gasteiger partial charge is 0.494 e. The molecule has 0 saturated carbocycles. The maximum atomic E-state index is 11.0. The van der Waals surface area contributed by atoms with Gasteiger partial charge in [0.15, 0.2) is 0 Å². The molecule has 3 aliphatic rings. The van der Waals surface area contributed by atoms with E-state index in [1.807, 2.05) is 12.1 Å². The molecule has 2 N–H and O–H groups in total. The van der Waals surface area contributed by atoms with Crippen LogP contribution in [0.2, 0.25) is 0 Å². The van der Waals surface area contributed by atoms with E-state index < -0.39 is 12.2 Å². The van der Waals surface area contributed by atoms with Crippen LogP contribution in [-0.4, -0.2) is 35.6 Å². The van der Waals surface area contributed by atoms with Gasteiger partial charge in [0.25, 0.3) is 0 Å². The van der Waals surface area contributed by atoms with E-state index in [-0.39, 0.29) is 11.8 Å². The van der Waals surface area contributed by atoms with Crippen molar-refractivity contribution in [3.63, 3.8) is 0 Å². The summed E-state index contributed by atoms with van der Waals surface area (Å²) in [6.07, 6.45) is 13.3. The van der Waals surface area contributed by atoms with Crippen LogP contribution in [0, 0.1) is 0 Å². The Hall–Kier alpha value is -2.04. The highest BCUT2D eigenvalue weighted by molar-refractivity contribution is 5.60. The van der Waals surface area contributed by atoms with E-state index in [1.165, 1.54) is 64.2 Å². The highest BCUT2D eigenvalue weighted by atomic mass is 16.5. The second-order valence-corrected chi connectivity index (χ2v) is 10.8. The molecule has 2 bridgehead atoms. The predicted molar refractivity (Wildman–Crippen MR) is 146 cm³/mol. The zero-order chi connectivity index (χ0) is 25.3. The molecule has 0 aliphatic heterocycles. The number of hydrogen-bond donors (Lipinski definition) is 2. The van der Waals surface area contributed by atoms with Crippen LogP contribution in [0.5, 0.6) is 11.5 Å². The molecule has 0 spiro atoms. The van der Waals surface area contributed by atoms with Crippen molar-refractivity contribution >= 4 is 0 Å². The van der Waals surface area contributed by atoms with Crippen molar-refractivity contribution in [2.75, 3.05) is 13.2 Å². The summed E-state index contributed by atoms with van der Waals surface area (Å²) in [6, 6.07) is 12.4. The molecule has 0 radical (unpaired) electrons. The number of benzene rings is 2. The predicted octanol–water partition coefficient (Wildman–Crippen LogP) is 7.48. The number of aliphatic hydroxyl groups is 2. The summed E-state index contributed by atoms with van der Waals surface area (Å²) in [5.74, 6) is 1.24. The molecule has 2 aromatic rings. The highest BCUT2D eigenvalue weighted by Gasteiger charge is 2.49. The minimum atomic E-state index is -0.807. The number of ether oxygens (including phenoxy) is 2. The lowest BCUT2D eigenvalue weighted by atomic mass is 9.61. The minimum Gasteiger partial charge on any atom is -0.494 e. The average Bonchev–Trinajstić information content (AvgIpc) is 2.89. The molecule has 2 aromatic carbocycles. The van der Waals surface area contributed by atoms with Crippen molar-refractivity contribution in [2.45, 2.75) is 115 Å². The van der Waals surface area contributed by atoms with Gasteiger partial charge in [0.2, 0.25) is 0 Å². The molecule has 4 nitrogen and oxygen atoms in total. The third kappa shape index (κ3) is 6.26. The molecule has 3 aliphatic carbocycles. The summed E-state index contributed by atoms with van der Waals surface area (Å²) < 4.78 is 12.2. The van der Waals surface area contributed by atoms with Crippen molar-refractivity contribution in [1.82, 2.24) is 0 Å². The number of rotatable bonds is 16. The monoisotopic (exact) mass is 494 g/mol. The van der Waals surface area contributed by atoms with E-state index in [0.717, 1.165) is 59.8 Å². The Bertz CT molecular complexity index is 878. The van der Waals surface area contributed by atoms with Crippen LogP contribution >= 0.6 is 0 Å². The number of hydrogen-bond acceptors (Lipinski definition) is 4. The topological polar surface area (TPSA) is 58.9 Å². The maximum Gasteiger partial charge on any atom is 0.119 e. The molecule has 0 saturated heterocycles. The van der Waals surface area contributed by atoms with E-state index in [1.54, 1.807) is 0 Å². The van der Waals surface area contributed by atoms with Crippen molar-refractivity contribution in [3.05, 3.63) is 58.7 Å². The summed E-state index contributed by atoms with van der Waals surface area (Å²) in [5, 5.41) is 22.0. The number of aliphatic hydroxyl groups excluding tert-OH is 2. The molecule has 5 rings (SSSR count). The van der Waals surface area contributed by atoms with Crippen molar-refractivity contribution in [1.29, 1.82) is 0 Å². The van der Waals surface area contributed by atoms with Gasteiger partial charge < -0.3 is 19.7 Å². The average molecular weight is 495 g/mol. The summed E-state index contributed by atoms with van der Waals surface area (Å²) in [5.41, 5.74) is 4.38. The first-order valence-corrected chi connectivity index (χ1v) is 14.5. The van der Waals surface area contributed by atoms with Gasteiger partial charge in [0.1, 0.15) is 11.5 Å². The first-order chi connectivity index (χ1) is 17.7. The molecule has 0 aromatic heterocycles. The van der Waals surface area contributed by atoms with Gasteiger partial charge in [-0.05, 0) is 59.4 Å². The minimum absolute atomic E-state index is 0.236. The molecular formula is C32H46O4. The van der Waals surface area contributed by atoms with Crippen LogP contribution in [0.1, 0.15) is 125 Å². The van der Waals surface area contributed by atoms with Gasteiger partial charge in [-0.2, -0.15) is 0 Å². The molecule has 198 valence electrons. The van der Waals surface area contributed by atoms with Crippen molar-refractivity contribution in [2.24, 2.45) is 0 Å². The van der Waals surface area contributed by atoms with Crippen molar-refractivity contribution in [3.8, 4) is 11.5 Å². The van der Waals surface area contributed by atoms with Crippen LogP contribution in [0.25, 0.3) is 0 Å². The first-order valence-electron chi connectivity index (χ1n) is 14.5. The Kier molecular flexibility index (Phi) is 10.1. The van der Waals surface area contributed by atoms with Gasteiger partial charge in [0.05, 0.1) is 25.4 Å². The Morgan fingerprint density at radius 2 is 0.917 bits per heavy atom. The Morgan fingerprint density at radius 1 is 0.528 bits per heavy atom. The summed E-state index contributed by atoms with van der Waals surface area (Å²) >= 11 is 0. The summed E-state index contributed by atoms with van der Waals surface area (Å²) in [6.45, 7) is 5.93. The first kappa shape index (κ1) is 27.0. The Labute approximate surface area is 218 Å². The SMILES string of the molecule is CCCCCCCCOc1ccc2c(c1)[C@H]1c3ccc(OCCCCCCCC)cc3[C@@H]2C(O)C1O. The molecular weight excluding hydrogens is 448 g/mol. The third-order valence-electron chi connectivity index (χ3n) is 8.02. The lowest BCUT2D eigenvalue weighted by Gasteiger charge is -2.46. The highest BCUT2D eigenvalue weighted by Crippen LogP contribution is 2.54. The van der Waals surface area contributed by atoms with Gasteiger partial charge in [-0.25, -0.2) is 0 Å². The fourth-order valence-corrected chi connectivity index (χ4v) is 6.00. The molecule has 4 atom stereocenters. The van der Waals surface area contributed by atoms with Gasteiger partial charge in [-0.1, -0.05) is 90.2 Å². The Morgan fingerprint density at radius 3 is 1.33 bits per heavy atom. The van der Waals surface area contributed by atoms with Crippen LogP contribution in [0.3, 0.4) is 0 Å².